The quantitative estimate of drug-likeness (QED) is 0.869. The lowest BCUT2D eigenvalue weighted by molar-refractivity contribution is -0.155. The number of hydrogen-bond acceptors (Lipinski definition) is 3. The highest BCUT2D eigenvalue weighted by Crippen LogP contribution is 2.44. The van der Waals surface area contributed by atoms with Crippen molar-refractivity contribution in [1.82, 2.24) is 15.2 Å². The molecular weight excluding hydrogens is 242 g/mol. The van der Waals surface area contributed by atoms with Gasteiger partial charge in [-0.05, 0) is 37.8 Å². The predicted octanol–water partition coefficient (Wildman–Crippen LogP) is 0.709. The van der Waals surface area contributed by atoms with Crippen molar-refractivity contribution in [3.05, 3.63) is 30.1 Å². The van der Waals surface area contributed by atoms with Gasteiger partial charge in [0.25, 0.3) is 0 Å². The van der Waals surface area contributed by atoms with Crippen molar-refractivity contribution < 1.29 is 9.59 Å². The summed E-state index contributed by atoms with van der Waals surface area (Å²) in [5.41, 5.74) is 0.102. The van der Waals surface area contributed by atoms with E-state index in [0.717, 1.165) is 18.5 Å². The van der Waals surface area contributed by atoms with Gasteiger partial charge in [-0.3, -0.25) is 14.6 Å². The molecule has 2 aliphatic rings. The Hall–Kier alpha value is -1.91. The van der Waals surface area contributed by atoms with E-state index < -0.39 is 5.54 Å². The van der Waals surface area contributed by atoms with Crippen molar-refractivity contribution in [1.29, 1.82) is 0 Å². The molecule has 0 spiro atoms. The van der Waals surface area contributed by atoms with Gasteiger partial charge < -0.3 is 10.2 Å². The number of nitrogens with one attached hydrogen (secondary N) is 1. The number of carbonyl (C=O) groups excluding carboxylic acids is 2. The first-order chi connectivity index (χ1) is 9.12. The van der Waals surface area contributed by atoms with E-state index in [2.05, 4.69) is 10.3 Å². The smallest absolute Gasteiger partial charge is 0.246 e. The van der Waals surface area contributed by atoms with Crippen LogP contribution in [0.1, 0.15) is 25.5 Å². The van der Waals surface area contributed by atoms with Gasteiger partial charge in [0.1, 0.15) is 5.54 Å². The zero-order valence-corrected chi connectivity index (χ0v) is 10.9. The molecule has 3 rings (SSSR count). The number of carbonyl (C=O) groups is 2. The Balaban J connectivity index is 1.90. The van der Waals surface area contributed by atoms with Crippen LogP contribution in [0.15, 0.2) is 24.4 Å². The Morgan fingerprint density at radius 2 is 2.21 bits per heavy atom. The van der Waals surface area contributed by atoms with E-state index >= 15 is 0 Å². The molecule has 100 valence electrons. The number of amides is 2. The van der Waals surface area contributed by atoms with Crippen molar-refractivity contribution in [2.75, 3.05) is 6.54 Å². The monoisotopic (exact) mass is 259 g/mol. The van der Waals surface area contributed by atoms with Gasteiger partial charge in [-0.2, -0.15) is 0 Å². The van der Waals surface area contributed by atoms with E-state index in [1.54, 1.807) is 11.1 Å². The van der Waals surface area contributed by atoms with Crippen molar-refractivity contribution in [2.24, 2.45) is 5.92 Å². The molecule has 1 aromatic rings. The van der Waals surface area contributed by atoms with E-state index in [1.807, 2.05) is 25.1 Å². The van der Waals surface area contributed by atoms with E-state index in [0.29, 0.717) is 6.54 Å². The lowest BCUT2D eigenvalue weighted by Crippen LogP contribution is -2.66. The summed E-state index contributed by atoms with van der Waals surface area (Å²) < 4.78 is 0. The van der Waals surface area contributed by atoms with E-state index in [9.17, 15) is 9.59 Å². The van der Waals surface area contributed by atoms with Gasteiger partial charge in [0, 0.05) is 6.20 Å². The van der Waals surface area contributed by atoms with Crippen LogP contribution in [0.2, 0.25) is 0 Å². The number of aromatic nitrogens is 1. The number of hydrogen-bond donors (Lipinski definition) is 1. The molecule has 1 aliphatic carbocycles. The van der Waals surface area contributed by atoms with E-state index in [1.165, 1.54) is 0 Å². The molecule has 0 radical (unpaired) electrons. The highest BCUT2D eigenvalue weighted by atomic mass is 16.2. The van der Waals surface area contributed by atoms with Crippen LogP contribution >= 0.6 is 0 Å². The lowest BCUT2D eigenvalue weighted by Gasteiger charge is -2.43. The summed E-state index contributed by atoms with van der Waals surface area (Å²) in [6.45, 7) is 2.37. The molecule has 0 bridgehead atoms. The van der Waals surface area contributed by atoms with Crippen LogP contribution < -0.4 is 5.32 Å². The summed E-state index contributed by atoms with van der Waals surface area (Å²) >= 11 is 0. The van der Waals surface area contributed by atoms with Crippen molar-refractivity contribution >= 4 is 11.8 Å². The van der Waals surface area contributed by atoms with Gasteiger partial charge in [-0.1, -0.05) is 6.07 Å². The highest BCUT2D eigenvalue weighted by Gasteiger charge is 2.54. The summed E-state index contributed by atoms with van der Waals surface area (Å²) in [5, 5.41) is 2.71. The molecular formula is C14H17N3O2. The second-order valence-corrected chi connectivity index (χ2v) is 5.41. The fourth-order valence-corrected chi connectivity index (χ4v) is 2.77. The minimum atomic E-state index is -0.715. The van der Waals surface area contributed by atoms with Crippen LogP contribution in [-0.4, -0.2) is 33.8 Å². The Morgan fingerprint density at radius 3 is 2.84 bits per heavy atom. The summed E-state index contributed by atoms with van der Waals surface area (Å²) in [6, 6.07) is 5.62. The Morgan fingerprint density at radius 1 is 1.42 bits per heavy atom. The zero-order valence-electron chi connectivity index (χ0n) is 10.9. The van der Waals surface area contributed by atoms with Gasteiger partial charge in [0.05, 0.1) is 18.8 Å². The first-order valence-corrected chi connectivity index (χ1v) is 6.61. The van der Waals surface area contributed by atoms with Crippen LogP contribution in [0.4, 0.5) is 0 Å². The third kappa shape index (κ3) is 1.99. The average Bonchev–Trinajstić information content (AvgIpc) is 3.25. The molecule has 5 heteroatoms. The highest BCUT2D eigenvalue weighted by molar-refractivity contribution is 5.98. The standard InChI is InChI=1S/C14H17N3O2/c1-14(10-5-6-10)13(19)16-8-12(18)17(14)9-11-4-2-3-7-15-11/h2-4,7,10H,5-6,8-9H2,1H3,(H,16,19). The van der Waals surface area contributed by atoms with Crippen molar-refractivity contribution in [2.45, 2.75) is 31.8 Å². The van der Waals surface area contributed by atoms with Gasteiger partial charge in [0.2, 0.25) is 11.8 Å². The molecule has 1 saturated carbocycles. The van der Waals surface area contributed by atoms with Crippen LogP contribution in [0.25, 0.3) is 0 Å². The molecule has 0 aromatic carbocycles. The summed E-state index contributed by atoms with van der Waals surface area (Å²) in [6.07, 6.45) is 3.73. The lowest BCUT2D eigenvalue weighted by atomic mass is 9.89. The first-order valence-electron chi connectivity index (χ1n) is 6.61. The van der Waals surface area contributed by atoms with Gasteiger partial charge in [-0.15, -0.1) is 0 Å². The van der Waals surface area contributed by atoms with E-state index in [-0.39, 0.29) is 24.3 Å². The van der Waals surface area contributed by atoms with Crippen molar-refractivity contribution in [3.63, 3.8) is 0 Å². The van der Waals surface area contributed by atoms with Gasteiger partial charge in [-0.25, -0.2) is 0 Å². The second-order valence-electron chi connectivity index (χ2n) is 5.41. The predicted molar refractivity (Wildman–Crippen MR) is 68.9 cm³/mol. The number of nitrogens with zero attached hydrogens (tertiary/aromatic N) is 2. The molecule has 1 aromatic heterocycles. The number of piperazine rings is 1. The average molecular weight is 259 g/mol. The Labute approximate surface area is 112 Å². The third-order valence-corrected chi connectivity index (χ3v) is 4.14. The second kappa shape index (κ2) is 4.33. The van der Waals surface area contributed by atoms with Gasteiger partial charge in [0.15, 0.2) is 0 Å². The molecule has 2 fully saturated rings. The molecule has 1 atom stereocenters. The maximum absolute atomic E-state index is 12.2. The fraction of sp³-hybridized carbons (Fsp3) is 0.500. The third-order valence-electron chi connectivity index (χ3n) is 4.14. The molecule has 2 heterocycles. The Bertz CT molecular complexity index is 513. The number of rotatable bonds is 3. The minimum absolute atomic E-state index is 0.0281. The topological polar surface area (TPSA) is 62.3 Å². The molecule has 2 amide bonds. The zero-order chi connectivity index (χ0) is 13.5. The maximum Gasteiger partial charge on any atom is 0.246 e. The van der Waals surface area contributed by atoms with Crippen molar-refractivity contribution in [3.8, 4) is 0 Å². The number of pyridine rings is 1. The van der Waals surface area contributed by atoms with Crippen LogP contribution in [0.3, 0.4) is 0 Å². The molecule has 1 aliphatic heterocycles. The summed E-state index contributed by atoms with van der Waals surface area (Å²) in [4.78, 5) is 30.3. The maximum atomic E-state index is 12.2. The first kappa shape index (κ1) is 12.1. The summed E-state index contributed by atoms with van der Waals surface area (Å²) in [7, 11) is 0. The largest absolute Gasteiger partial charge is 0.345 e. The van der Waals surface area contributed by atoms with Crippen LogP contribution in [-0.2, 0) is 16.1 Å². The van der Waals surface area contributed by atoms with Crippen LogP contribution in [0, 0.1) is 5.92 Å². The van der Waals surface area contributed by atoms with Crippen LogP contribution in [0.5, 0.6) is 0 Å². The summed E-state index contributed by atoms with van der Waals surface area (Å²) in [5.74, 6) is 0.214. The molecule has 1 N–H and O–H groups in total. The molecule has 5 nitrogen and oxygen atoms in total. The Kier molecular flexibility index (Phi) is 2.77. The SMILES string of the molecule is CC1(C2CC2)C(=O)NCC(=O)N1Cc1ccccn1. The van der Waals surface area contributed by atoms with Gasteiger partial charge >= 0.3 is 0 Å². The molecule has 1 unspecified atom stereocenters. The molecule has 19 heavy (non-hydrogen) atoms. The normalized spacial score (nSPS) is 27.3. The van der Waals surface area contributed by atoms with E-state index in [4.69, 9.17) is 0 Å². The minimum Gasteiger partial charge on any atom is -0.345 e. The molecule has 1 saturated heterocycles. The fourth-order valence-electron chi connectivity index (χ4n) is 2.77.